The van der Waals surface area contributed by atoms with Gasteiger partial charge in [0, 0.05) is 30.6 Å². The van der Waals surface area contributed by atoms with Gasteiger partial charge in [-0.15, -0.1) is 13.2 Å². The van der Waals surface area contributed by atoms with Gasteiger partial charge in [-0.25, -0.2) is 4.79 Å². The summed E-state index contributed by atoms with van der Waals surface area (Å²) in [6, 6.07) is 6.73. The van der Waals surface area contributed by atoms with Crippen LogP contribution in [-0.4, -0.2) is 30.5 Å². The van der Waals surface area contributed by atoms with Crippen molar-refractivity contribution in [3.63, 3.8) is 0 Å². The predicted octanol–water partition coefficient (Wildman–Crippen LogP) is 2.93. The third-order valence-corrected chi connectivity index (χ3v) is 3.60. The van der Waals surface area contributed by atoms with E-state index in [0.29, 0.717) is 24.4 Å². The molecule has 0 fully saturated rings. The zero-order chi connectivity index (χ0) is 17.5. The fourth-order valence-corrected chi connectivity index (χ4v) is 2.42. The minimum atomic E-state index is -0.393. The van der Waals surface area contributed by atoms with Crippen molar-refractivity contribution in [1.29, 1.82) is 0 Å². The molecule has 0 spiro atoms. The van der Waals surface area contributed by atoms with Gasteiger partial charge in [0.2, 0.25) is 0 Å². The monoisotopic (exact) mass is 327 g/mol. The second-order valence-corrected chi connectivity index (χ2v) is 5.27. The standard InChI is InChI=1S/C19H21NO4/c1-4-9-20(10-5-2)18(21)13-23-15-7-8-16-14(6-3)11-19(22)24-17(16)12-15/h4-5,7-8,11-12H,1-2,6,9-10,13H2,3H3. The van der Waals surface area contributed by atoms with Gasteiger partial charge in [-0.3, -0.25) is 4.79 Å². The van der Waals surface area contributed by atoms with Gasteiger partial charge in [0.15, 0.2) is 6.61 Å². The molecule has 5 nitrogen and oxygen atoms in total. The molecule has 5 heteroatoms. The maximum Gasteiger partial charge on any atom is 0.336 e. The number of ether oxygens (including phenoxy) is 1. The second kappa shape index (κ2) is 8.15. The van der Waals surface area contributed by atoms with Crippen LogP contribution in [0.25, 0.3) is 11.0 Å². The third-order valence-electron chi connectivity index (χ3n) is 3.60. The molecule has 1 aromatic heterocycles. The lowest BCUT2D eigenvalue weighted by Gasteiger charge is -2.19. The number of rotatable bonds is 8. The summed E-state index contributed by atoms with van der Waals surface area (Å²) in [7, 11) is 0. The van der Waals surface area contributed by atoms with E-state index in [2.05, 4.69) is 13.2 Å². The number of aryl methyl sites for hydroxylation is 1. The molecule has 126 valence electrons. The fraction of sp³-hybridized carbons (Fsp3) is 0.263. The van der Waals surface area contributed by atoms with Gasteiger partial charge >= 0.3 is 5.63 Å². The first kappa shape index (κ1) is 17.5. The molecular weight excluding hydrogens is 306 g/mol. The van der Waals surface area contributed by atoms with Gasteiger partial charge in [0.25, 0.3) is 5.91 Å². The van der Waals surface area contributed by atoms with Crippen molar-refractivity contribution in [2.24, 2.45) is 0 Å². The first-order valence-corrected chi connectivity index (χ1v) is 7.78. The molecular formula is C19H21NO4. The Morgan fingerprint density at radius 3 is 2.58 bits per heavy atom. The molecule has 0 aliphatic heterocycles. The van der Waals surface area contributed by atoms with Crippen LogP contribution in [0, 0.1) is 0 Å². The van der Waals surface area contributed by atoms with Crippen LogP contribution in [-0.2, 0) is 11.2 Å². The van der Waals surface area contributed by atoms with Crippen LogP contribution in [0.4, 0.5) is 0 Å². The van der Waals surface area contributed by atoms with Gasteiger partial charge < -0.3 is 14.1 Å². The summed E-state index contributed by atoms with van der Waals surface area (Å²) in [5, 5.41) is 0.871. The smallest absolute Gasteiger partial charge is 0.336 e. The van der Waals surface area contributed by atoms with Crippen LogP contribution in [0.5, 0.6) is 5.75 Å². The van der Waals surface area contributed by atoms with Gasteiger partial charge in [-0.05, 0) is 24.1 Å². The number of carbonyl (C=O) groups is 1. The van der Waals surface area contributed by atoms with Crippen LogP contribution in [0.1, 0.15) is 12.5 Å². The van der Waals surface area contributed by atoms with E-state index in [1.54, 1.807) is 29.2 Å². The van der Waals surface area contributed by atoms with Gasteiger partial charge in [-0.2, -0.15) is 0 Å². The average Bonchev–Trinajstić information content (AvgIpc) is 2.58. The molecule has 0 bridgehead atoms. The minimum Gasteiger partial charge on any atom is -0.484 e. The maximum atomic E-state index is 12.1. The Morgan fingerprint density at radius 2 is 1.96 bits per heavy atom. The van der Waals surface area contributed by atoms with Gasteiger partial charge in [0.05, 0.1) is 0 Å². The summed E-state index contributed by atoms with van der Waals surface area (Å²) in [6.07, 6.45) is 4.04. The lowest BCUT2D eigenvalue weighted by atomic mass is 10.1. The third kappa shape index (κ3) is 4.13. The van der Waals surface area contributed by atoms with Crippen LogP contribution in [0.15, 0.2) is 58.8 Å². The topological polar surface area (TPSA) is 59.8 Å². The summed E-state index contributed by atoms with van der Waals surface area (Å²) in [6.45, 7) is 10.00. The summed E-state index contributed by atoms with van der Waals surface area (Å²) >= 11 is 0. The van der Waals surface area contributed by atoms with E-state index in [0.717, 1.165) is 17.4 Å². The van der Waals surface area contributed by atoms with Crippen LogP contribution >= 0.6 is 0 Å². The molecule has 24 heavy (non-hydrogen) atoms. The van der Waals surface area contributed by atoms with Gasteiger partial charge in [-0.1, -0.05) is 19.1 Å². The highest BCUT2D eigenvalue weighted by molar-refractivity contribution is 5.82. The highest BCUT2D eigenvalue weighted by Crippen LogP contribution is 2.23. The number of nitrogens with zero attached hydrogens (tertiary/aromatic N) is 1. The molecule has 0 radical (unpaired) electrons. The number of amides is 1. The molecule has 0 saturated heterocycles. The van der Waals surface area contributed by atoms with E-state index < -0.39 is 5.63 Å². The number of benzene rings is 1. The number of fused-ring (bicyclic) bond motifs is 1. The molecule has 1 amide bonds. The molecule has 0 saturated carbocycles. The first-order valence-electron chi connectivity index (χ1n) is 7.78. The Bertz CT molecular complexity index is 797. The Kier molecular flexibility index (Phi) is 5.95. The lowest BCUT2D eigenvalue weighted by molar-refractivity contribution is -0.132. The highest BCUT2D eigenvalue weighted by Gasteiger charge is 2.12. The van der Waals surface area contributed by atoms with Crippen LogP contribution in [0.3, 0.4) is 0 Å². The van der Waals surface area contributed by atoms with E-state index in [-0.39, 0.29) is 12.5 Å². The molecule has 2 aromatic rings. The van der Waals surface area contributed by atoms with Crippen molar-refractivity contribution in [2.75, 3.05) is 19.7 Å². The predicted molar refractivity (Wildman–Crippen MR) is 94.3 cm³/mol. The molecule has 2 rings (SSSR count). The SMILES string of the molecule is C=CCN(CC=C)C(=O)COc1ccc2c(CC)cc(=O)oc2c1. The molecule has 1 heterocycles. The quantitative estimate of drug-likeness (QED) is 0.552. The molecule has 0 aliphatic carbocycles. The van der Waals surface area contributed by atoms with Crippen LogP contribution in [0.2, 0.25) is 0 Å². The fourth-order valence-electron chi connectivity index (χ4n) is 2.42. The zero-order valence-corrected chi connectivity index (χ0v) is 13.8. The van der Waals surface area contributed by atoms with Crippen molar-refractivity contribution in [3.05, 3.63) is 65.6 Å². The normalized spacial score (nSPS) is 10.4. The Balaban J connectivity index is 2.15. The van der Waals surface area contributed by atoms with Crippen molar-refractivity contribution in [1.82, 2.24) is 4.90 Å². The Morgan fingerprint density at radius 1 is 1.25 bits per heavy atom. The molecule has 0 unspecified atom stereocenters. The second-order valence-electron chi connectivity index (χ2n) is 5.27. The van der Waals surface area contributed by atoms with Crippen molar-refractivity contribution in [2.45, 2.75) is 13.3 Å². The number of carbonyl (C=O) groups excluding carboxylic acids is 1. The van der Waals surface area contributed by atoms with E-state index in [1.165, 1.54) is 6.07 Å². The van der Waals surface area contributed by atoms with E-state index >= 15 is 0 Å². The maximum absolute atomic E-state index is 12.1. The largest absolute Gasteiger partial charge is 0.484 e. The van der Waals surface area contributed by atoms with Crippen molar-refractivity contribution >= 4 is 16.9 Å². The highest BCUT2D eigenvalue weighted by atomic mass is 16.5. The van der Waals surface area contributed by atoms with Crippen molar-refractivity contribution < 1.29 is 13.9 Å². The molecule has 0 atom stereocenters. The summed E-state index contributed by atoms with van der Waals surface area (Å²) in [5.74, 6) is 0.308. The van der Waals surface area contributed by atoms with Crippen molar-refractivity contribution in [3.8, 4) is 5.75 Å². The van der Waals surface area contributed by atoms with Crippen LogP contribution < -0.4 is 10.4 Å². The molecule has 0 aliphatic rings. The van der Waals surface area contributed by atoms with Gasteiger partial charge in [0.1, 0.15) is 11.3 Å². The molecule has 1 aromatic carbocycles. The lowest BCUT2D eigenvalue weighted by Crippen LogP contribution is -2.35. The minimum absolute atomic E-state index is 0.106. The van der Waals surface area contributed by atoms with E-state index in [4.69, 9.17) is 9.15 Å². The number of hydrogen-bond acceptors (Lipinski definition) is 4. The summed E-state index contributed by atoms with van der Waals surface area (Å²) in [5.41, 5.74) is 0.987. The molecule has 0 N–H and O–H groups in total. The number of hydrogen-bond donors (Lipinski definition) is 0. The Hall–Kier alpha value is -2.82. The van der Waals surface area contributed by atoms with E-state index in [1.807, 2.05) is 13.0 Å². The average molecular weight is 327 g/mol. The summed E-state index contributed by atoms with van der Waals surface area (Å²) in [4.78, 5) is 25.3. The first-order chi connectivity index (χ1) is 11.6. The Labute approximate surface area is 140 Å². The summed E-state index contributed by atoms with van der Waals surface area (Å²) < 4.78 is 10.8. The zero-order valence-electron chi connectivity index (χ0n) is 13.8. The van der Waals surface area contributed by atoms with E-state index in [9.17, 15) is 9.59 Å².